The number of nitrogens with zero attached hydrogens (tertiary/aromatic N) is 1. The minimum Gasteiger partial charge on any atom is -0.467 e. The molecule has 21 heavy (non-hydrogen) atoms. The quantitative estimate of drug-likeness (QED) is 0.804. The molecule has 0 N–H and O–H groups in total. The number of benzene rings is 1. The fourth-order valence-corrected chi connectivity index (χ4v) is 2.96. The first-order chi connectivity index (χ1) is 9.73. The summed E-state index contributed by atoms with van der Waals surface area (Å²) in [6, 6.07) is 9.14. The van der Waals surface area contributed by atoms with Crippen molar-refractivity contribution in [3.63, 3.8) is 0 Å². The Balaban J connectivity index is 2.42. The van der Waals surface area contributed by atoms with Crippen LogP contribution in [0.15, 0.2) is 30.3 Å². The van der Waals surface area contributed by atoms with Crippen LogP contribution in [0.1, 0.15) is 33.3 Å². The molecule has 0 saturated carbocycles. The summed E-state index contributed by atoms with van der Waals surface area (Å²) in [5, 5.41) is 0. The van der Waals surface area contributed by atoms with Crippen molar-refractivity contribution in [3.05, 3.63) is 35.9 Å². The van der Waals surface area contributed by atoms with Crippen molar-refractivity contribution in [1.82, 2.24) is 4.90 Å². The third-order valence-corrected chi connectivity index (χ3v) is 5.02. The number of carbonyl (C=O) groups is 2. The Morgan fingerprint density at radius 3 is 2.29 bits per heavy atom. The van der Waals surface area contributed by atoms with Gasteiger partial charge in [-0.15, -0.1) is 0 Å². The number of esters is 1. The second kappa shape index (κ2) is 5.17. The van der Waals surface area contributed by atoms with Gasteiger partial charge in [-0.2, -0.15) is 0 Å². The van der Waals surface area contributed by atoms with Gasteiger partial charge in [-0.3, -0.25) is 4.79 Å². The average Bonchev–Trinajstić information content (AvgIpc) is 2.57. The lowest BCUT2D eigenvalue weighted by Crippen LogP contribution is -2.45. The second-order valence-electron chi connectivity index (χ2n) is 6.69. The molecule has 4 nitrogen and oxygen atoms in total. The van der Waals surface area contributed by atoms with Gasteiger partial charge in [-0.1, -0.05) is 58.0 Å². The molecule has 1 amide bonds. The summed E-state index contributed by atoms with van der Waals surface area (Å²) in [7, 11) is 1.37. The molecule has 0 radical (unpaired) electrons. The summed E-state index contributed by atoms with van der Waals surface area (Å²) in [4.78, 5) is 26.7. The molecule has 0 aromatic heterocycles. The lowest BCUT2D eigenvalue weighted by atomic mass is 9.67. The van der Waals surface area contributed by atoms with Crippen molar-refractivity contribution in [2.24, 2.45) is 10.8 Å². The van der Waals surface area contributed by atoms with Crippen LogP contribution >= 0.6 is 0 Å². The standard InChI is InChI=1S/C17H23NO3/c1-16(2)13(14(19)21-5)18(15(20)17(16,3)4)11-12-9-7-6-8-10-12/h6-10,13H,11H2,1-5H3/t13-/m1/s1. The van der Waals surface area contributed by atoms with Crippen LogP contribution in [0, 0.1) is 10.8 Å². The number of carbonyl (C=O) groups excluding carboxylic acids is 2. The highest BCUT2D eigenvalue weighted by atomic mass is 16.5. The molecule has 1 aromatic carbocycles. The Labute approximate surface area is 126 Å². The first-order valence-corrected chi connectivity index (χ1v) is 7.16. The Bertz CT molecular complexity index is 548. The van der Waals surface area contributed by atoms with E-state index in [0.717, 1.165) is 5.56 Å². The van der Waals surface area contributed by atoms with E-state index in [4.69, 9.17) is 4.74 Å². The van der Waals surface area contributed by atoms with Gasteiger partial charge < -0.3 is 9.64 Å². The van der Waals surface area contributed by atoms with Crippen molar-refractivity contribution in [1.29, 1.82) is 0 Å². The number of likely N-dealkylation sites (tertiary alicyclic amines) is 1. The number of hydrogen-bond acceptors (Lipinski definition) is 3. The zero-order valence-electron chi connectivity index (χ0n) is 13.3. The number of methoxy groups -OCH3 is 1. The molecule has 0 spiro atoms. The van der Waals surface area contributed by atoms with Gasteiger partial charge in [0.15, 0.2) is 0 Å². The van der Waals surface area contributed by atoms with Crippen LogP contribution in [0.4, 0.5) is 0 Å². The first-order valence-electron chi connectivity index (χ1n) is 7.16. The molecule has 0 unspecified atom stereocenters. The van der Waals surface area contributed by atoms with Crippen LogP contribution < -0.4 is 0 Å². The molecule has 1 atom stereocenters. The summed E-state index contributed by atoms with van der Waals surface area (Å²) in [5.74, 6) is -0.360. The Kier molecular flexibility index (Phi) is 3.83. The smallest absolute Gasteiger partial charge is 0.329 e. The van der Waals surface area contributed by atoms with Crippen LogP contribution in [-0.4, -0.2) is 29.9 Å². The SMILES string of the molecule is COC(=O)[C@H]1N(Cc2ccccc2)C(=O)C(C)(C)C1(C)C. The molecule has 1 fully saturated rings. The van der Waals surface area contributed by atoms with Crippen LogP contribution in [0.3, 0.4) is 0 Å². The Morgan fingerprint density at radius 2 is 1.76 bits per heavy atom. The molecule has 1 aliphatic heterocycles. The van der Waals surface area contributed by atoms with E-state index in [9.17, 15) is 9.59 Å². The lowest BCUT2D eigenvalue weighted by molar-refractivity contribution is -0.151. The topological polar surface area (TPSA) is 46.6 Å². The van der Waals surface area contributed by atoms with Gasteiger partial charge in [-0.05, 0) is 5.56 Å². The second-order valence-corrected chi connectivity index (χ2v) is 6.69. The molecule has 114 valence electrons. The van der Waals surface area contributed by atoms with Gasteiger partial charge >= 0.3 is 5.97 Å². The van der Waals surface area contributed by atoms with Gasteiger partial charge in [-0.25, -0.2) is 4.79 Å². The van der Waals surface area contributed by atoms with E-state index in [2.05, 4.69) is 0 Å². The van der Waals surface area contributed by atoms with E-state index in [-0.39, 0.29) is 11.9 Å². The van der Waals surface area contributed by atoms with Crippen molar-refractivity contribution >= 4 is 11.9 Å². The molecule has 1 heterocycles. The predicted octanol–water partition coefficient (Wildman–Crippen LogP) is 2.62. The summed E-state index contributed by atoms with van der Waals surface area (Å²) in [6.45, 7) is 8.13. The fraction of sp³-hybridized carbons (Fsp3) is 0.529. The van der Waals surface area contributed by atoms with E-state index in [1.807, 2.05) is 58.0 Å². The molecule has 4 heteroatoms. The van der Waals surface area contributed by atoms with E-state index in [1.165, 1.54) is 7.11 Å². The minimum absolute atomic E-state index is 0.00764. The third-order valence-electron chi connectivity index (χ3n) is 5.02. The van der Waals surface area contributed by atoms with Crippen molar-refractivity contribution in [2.45, 2.75) is 40.3 Å². The molecule has 1 aliphatic rings. The minimum atomic E-state index is -0.610. The van der Waals surface area contributed by atoms with Gasteiger partial charge in [0, 0.05) is 12.0 Å². The third kappa shape index (κ3) is 2.33. The van der Waals surface area contributed by atoms with Gasteiger partial charge in [0.05, 0.1) is 12.5 Å². The zero-order valence-corrected chi connectivity index (χ0v) is 13.3. The normalized spacial score (nSPS) is 23.2. The summed E-state index contributed by atoms with van der Waals surface area (Å²) >= 11 is 0. The Hall–Kier alpha value is -1.84. The van der Waals surface area contributed by atoms with E-state index >= 15 is 0 Å². The largest absolute Gasteiger partial charge is 0.467 e. The molecule has 0 aliphatic carbocycles. The number of ether oxygens (including phenoxy) is 1. The molecular weight excluding hydrogens is 266 g/mol. The van der Waals surface area contributed by atoms with Crippen molar-refractivity contribution in [2.75, 3.05) is 7.11 Å². The predicted molar refractivity (Wildman–Crippen MR) is 80.4 cm³/mol. The highest BCUT2D eigenvalue weighted by Crippen LogP contribution is 2.51. The maximum absolute atomic E-state index is 12.8. The van der Waals surface area contributed by atoms with E-state index in [1.54, 1.807) is 4.90 Å². The highest BCUT2D eigenvalue weighted by Gasteiger charge is 2.61. The maximum Gasteiger partial charge on any atom is 0.329 e. The van der Waals surface area contributed by atoms with Crippen molar-refractivity contribution in [3.8, 4) is 0 Å². The van der Waals surface area contributed by atoms with Gasteiger partial charge in [0.2, 0.25) is 5.91 Å². The lowest BCUT2D eigenvalue weighted by Gasteiger charge is -2.35. The van der Waals surface area contributed by atoms with E-state index in [0.29, 0.717) is 6.54 Å². The van der Waals surface area contributed by atoms with Crippen molar-refractivity contribution < 1.29 is 14.3 Å². The monoisotopic (exact) mass is 289 g/mol. The van der Waals surface area contributed by atoms with Crippen LogP contribution in [0.2, 0.25) is 0 Å². The zero-order chi connectivity index (χ0) is 15.8. The molecule has 1 saturated heterocycles. The van der Waals surface area contributed by atoms with Crippen LogP contribution in [0.5, 0.6) is 0 Å². The summed E-state index contributed by atoms with van der Waals surface area (Å²) in [5.41, 5.74) is -0.0969. The van der Waals surface area contributed by atoms with Gasteiger partial charge in [0.1, 0.15) is 6.04 Å². The number of hydrogen-bond donors (Lipinski definition) is 0. The fourth-order valence-electron chi connectivity index (χ4n) is 2.96. The average molecular weight is 289 g/mol. The maximum atomic E-state index is 12.8. The molecule has 2 rings (SSSR count). The number of rotatable bonds is 3. The van der Waals surface area contributed by atoms with E-state index < -0.39 is 16.9 Å². The number of amides is 1. The molecule has 1 aromatic rings. The summed E-state index contributed by atoms with van der Waals surface area (Å²) in [6.07, 6.45) is 0. The Morgan fingerprint density at radius 1 is 1.19 bits per heavy atom. The first kappa shape index (κ1) is 15.5. The summed E-state index contributed by atoms with van der Waals surface area (Å²) < 4.78 is 4.95. The van der Waals surface area contributed by atoms with Crippen LogP contribution in [-0.2, 0) is 20.9 Å². The highest BCUT2D eigenvalue weighted by molar-refractivity contribution is 5.93. The molecule has 0 bridgehead atoms. The van der Waals surface area contributed by atoms with Crippen LogP contribution in [0.25, 0.3) is 0 Å². The molecular formula is C17H23NO3. The van der Waals surface area contributed by atoms with Gasteiger partial charge in [0.25, 0.3) is 0 Å².